The molecule has 1 aromatic rings. The van der Waals surface area contributed by atoms with E-state index < -0.39 is 18.1 Å². The van der Waals surface area contributed by atoms with Crippen molar-refractivity contribution >= 4 is 17.7 Å². The van der Waals surface area contributed by atoms with Crippen LogP contribution < -0.4 is 0 Å². The molecule has 2 unspecified atom stereocenters. The number of aliphatic hydroxyl groups is 1. The van der Waals surface area contributed by atoms with Crippen molar-refractivity contribution < 1.29 is 28.6 Å². The van der Waals surface area contributed by atoms with Gasteiger partial charge in [-0.25, -0.2) is 4.39 Å². The lowest BCUT2D eigenvalue weighted by Gasteiger charge is -2.38. The maximum absolute atomic E-state index is 14.7. The number of Topliss-reactive ketones (excluding diaryl/α,β-unsaturated/α-hetero) is 1. The van der Waals surface area contributed by atoms with E-state index in [0.29, 0.717) is 44.7 Å². The molecule has 0 bridgehead atoms. The van der Waals surface area contributed by atoms with Gasteiger partial charge in [-0.15, -0.1) is 0 Å². The molecule has 2 saturated heterocycles. The first-order chi connectivity index (χ1) is 16.9. The number of nitrogens with zero attached hydrogens (tertiary/aromatic N) is 3. The van der Waals surface area contributed by atoms with Gasteiger partial charge in [0.05, 0.1) is 25.3 Å². The van der Waals surface area contributed by atoms with E-state index in [1.807, 2.05) is 15.9 Å². The Bertz CT molecular complexity index is 979. The lowest BCUT2D eigenvalue weighted by atomic mass is 9.92. The number of piperidine rings is 1. The molecular formula is C26H34FN3O5. The summed E-state index contributed by atoms with van der Waals surface area (Å²) in [5, 5.41) is 10.6. The van der Waals surface area contributed by atoms with Gasteiger partial charge >= 0.3 is 5.97 Å². The van der Waals surface area contributed by atoms with Crippen LogP contribution in [0.4, 0.5) is 4.39 Å². The maximum atomic E-state index is 14.7. The van der Waals surface area contributed by atoms with E-state index in [4.69, 9.17) is 4.74 Å². The summed E-state index contributed by atoms with van der Waals surface area (Å²) < 4.78 is 19.6. The molecule has 3 fully saturated rings. The van der Waals surface area contributed by atoms with Crippen LogP contribution in [0.5, 0.6) is 0 Å². The van der Waals surface area contributed by atoms with E-state index in [9.17, 15) is 23.9 Å². The zero-order valence-electron chi connectivity index (χ0n) is 20.2. The Kier molecular flexibility index (Phi) is 8.30. The summed E-state index contributed by atoms with van der Waals surface area (Å²) >= 11 is 0. The summed E-state index contributed by atoms with van der Waals surface area (Å²) in [4.78, 5) is 42.8. The molecule has 0 radical (unpaired) electrons. The Balaban J connectivity index is 1.41. The number of amides is 1. The Hall–Kier alpha value is -2.62. The van der Waals surface area contributed by atoms with Crippen molar-refractivity contribution in [2.45, 2.75) is 38.3 Å². The predicted octanol–water partition coefficient (Wildman–Crippen LogP) is 1.55. The molecule has 9 heteroatoms. The Morgan fingerprint density at radius 3 is 2.63 bits per heavy atom. The fourth-order valence-corrected chi connectivity index (χ4v) is 4.82. The second-order valence-electron chi connectivity index (χ2n) is 9.51. The summed E-state index contributed by atoms with van der Waals surface area (Å²) in [5.74, 6) is -0.900. The topological polar surface area (TPSA) is 90.4 Å². The average Bonchev–Trinajstić information content (AvgIpc) is 3.68. The lowest BCUT2D eigenvalue weighted by Crippen LogP contribution is -2.52. The van der Waals surface area contributed by atoms with Gasteiger partial charge in [0.1, 0.15) is 12.4 Å². The van der Waals surface area contributed by atoms with Crippen LogP contribution in [-0.4, -0.2) is 96.0 Å². The summed E-state index contributed by atoms with van der Waals surface area (Å²) in [6.07, 6.45) is 3.44. The fourth-order valence-electron chi connectivity index (χ4n) is 4.82. The number of benzene rings is 1. The van der Waals surface area contributed by atoms with Crippen LogP contribution in [0.15, 0.2) is 35.9 Å². The molecule has 1 N–H and O–H groups in total. The molecule has 1 aliphatic carbocycles. The van der Waals surface area contributed by atoms with E-state index in [0.717, 1.165) is 18.4 Å². The molecule has 190 valence electrons. The molecule has 2 heterocycles. The smallest absolute Gasteiger partial charge is 0.325 e. The van der Waals surface area contributed by atoms with Gasteiger partial charge in [-0.3, -0.25) is 24.2 Å². The number of hydrogen-bond acceptors (Lipinski definition) is 7. The Morgan fingerprint density at radius 2 is 1.94 bits per heavy atom. The number of aliphatic hydroxyl groups excluding tert-OH is 1. The van der Waals surface area contributed by atoms with Gasteiger partial charge in [0.15, 0.2) is 5.78 Å². The maximum Gasteiger partial charge on any atom is 0.325 e. The van der Waals surface area contributed by atoms with Crippen LogP contribution in [0.25, 0.3) is 0 Å². The third-order valence-electron chi connectivity index (χ3n) is 6.95. The molecule has 1 aromatic carbocycles. The van der Waals surface area contributed by atoms with Crippen LogP contribution in [-0.2, 0) is 19.1 Å². The number of likely N-dealkylation sites (tertiary alicyclic amines) is 1. The number of ether oxygens (including phenoxy) is 1. The number of carbonyl (C=O) groups is 3. The van der Waals surface area contributed by atoms with Gasteiger partial charge in [0, 0.05) is 44.2 Å². The van der Waals surface area contributed by atoms with Crippen LogP contribution in [0.1, 0.15) is 37.8 Å². The number of halogens is 1. The highest BCUT2D eigenvalue weighted by molar-refractivity contribution is 5.89. The molecule has 4 rings (SSSR count). The van der Waals surface area contributed by atoms with Crippen molar-refractivity contribution in [2.24, 2.45) is 5.92 Å². The molecule has 0 aromatic heterocycles. The lowest BCUT2D eigenvalue weighted by molar-refractivity contribution is -0.150. The zero-order chi connectivity index (χ0) is 24.9. The van der Waals surface area contributed by atoms with E-state index in [1.54, 1.807) is 25.1 Å². The van der Waals surface area contributed by atoms with E-state index in [1.165, 1.54) is 11.0 Å². The Morgan fingerprint density at radius 1 is 1.17 bits per heavy atom. The molecule has 0 spiro atoms. The standard InChI is InChI=1S/C26H34FN3O5/c1-2-35-24(33)17-29-14-13-28(16-23(29)32)11-9-19-15-30(12-10-22(19)31)25(26(34)18-7-8-18)20-5-3-4-6-21(20)27/h3-6,9,18,22,25,31H,2,7-8,10-17H2,1H3/b19-9-. The van der Waals surface area contributed by atoms with E-state index >= 15 is 0 Å². The molecular weight excluding hydrogens is 453 g/mol. The molecule has 2 atom stereocenters. The molecule has 1 amide bonds. The summed E-state index contributed by atoms with van der Waals surface area (Å²) in [7, 11) is 0. The number of carbonyl (C=O) groups excluding carboxylic acids is 3. The first-order valence-electron chi connectivity index (χ1n) is 12.4. The van der Waals surface area contributed by atoms with Gasteiger partial charge < -0.3 is 14.7 Å². The Labute approximate surface area is 205 Å². The molecule has 35 heavy (non-hydrogen) atoms. The largest absolute Gasteiger partial charge is 0.465 e. The van der Waals surface area contributed by atoms with Crippen molar-refractivity contribution in [1.29, 1.82) is 0 Å². The molecule has 3 aliphatic rings. The van der Waals surface area contributed by atoms with Crippen molar-refractivity contribution in [3.8, 4) is 0 Å². The summed E-state index contributed by atoms with van der Waals surface area (Å²) in [6, 6.07) is 5.77. The number of rotatable bonds is 9. The second-order valence-corrected chi connectivity index (χ2v) is 9.51. The molecule has 8 nitrogen and oxygen atoms in total. The predicted molar refractivity (Wildman–Crippen MR) is 127 cm³/mol. The third-order valence-corrected chi connectivity index (χ3v) is 6.95. The highest BCUT2D eigenvalue weighted by Crippen LogP contribution is 2.39. The average molecular weight is 488 g/mol. The van der Waals surface area contributed by atoms with Gasteiger partial charge in [-0.05, 0) is 37.8 Å². The monoisotopic (exact) mass is 487 g/mol. The van der Waals surface area contributed by atoms with Gasteiger partial charge in [0.25, 0.3) is 0 Å². The number of esters is 1. The molecule has 1 saturated carbocycles. The zero-order valence-corrected chi connectivity index (χ0v) is 20.2. The SMILES string of the molecule is CCOC(=O)CN1CCN(C/C=C2/CN(C(C(=O)C3CC3)c3ccccc3F)CCC2O)CC1=O. The third kappa shape index (κ3) is 6.34. The van der Waals surface area contributed by atoms with Crippen LogP contribution in [0, 0.1) is 11.7 Å². The first-order valence-corrected chi connectivity index (χ1v) is 12.4. The number of ketones is 1. The van der Waals surface area contributed by atoms with Crippen molar-refractivity contribution in [1.82, 2.24) is 14.7 Å². The minimum atomic E-state index is -0.660. The fraction of sp³-hybridized carbons (Fsp3) is 0.577. The summed E-state index contributed by atoms with van der Waals surface area (Å²) in [6.45, 7) is 4.53. The molecule has 2 aliphatic heterocycles. The van der Waals surface area contributed by atoms with Gasteiger partial charge in [0.2, 0.25) is 5.91 Å². The minimum absolute atomic E-state index is 0.0178. The quantitative estimate of drug-likeness (QED) is 0.418. The second kappa shape index (κ2) is 11.4. The van der Waals surface area contributed by atoms with Crippen LogP contribution in [0.3, 0.4) is 0 Å². The highest BCUT2D eigenvalue weighted by atomic mass is 19.1. The first kappa shape index (κ1) is 25.5. The number of piperazine rings is 1. The van der Waals surface area contributed by atoms with Gasteiger partial charge in [-0.1, -0.05) is 24.3 Å². The van der Waals surface area contributed by atoms with Crippen molar-refractivity contribution in [3.05, 3.63) is 47.3 Å². The van der Waals surface area contributed by atoms with Crippen molar-refractivity contribution in [2.75, 3.05) is 52.4 Å². The van der Waals surface area contributed by atoms with Gasteiger partial charge in [-0.2, -0.15) is 0 Å². The van der Waals surface area contributed by atoms with E-state index in [2.05, 4.69) is 0 Å². The van der Waals surface area contributed by atoms with E-state index in [-0.39, 0.29) is 43.1 Å². The minimum Gasteiger partial charge on any atom is -0.465 e. The van der Waals surface area contributed by atoms with Crippen molar-refractivity contribution in [3.63, 3.8) is 0 Å². The van der Waals surface area contributed by atoms with Crippen LogP contribution in [0.2, 0.25) is 0 Å². The van der Waals surface area contributed by atoms with Crippen LogP contribution >= 0.6 is 0 Å². The summed E-state index contributed by atoms with van der Waals surface area (Å²) in [5.41, 5.74) is 1.17. The normalized spacial score (nSPS) is 24.0. The number of hydrogen-bond donors (Lipinski definition) is 1. The highest BCUT2D eigenvalue weighted by Gasteiger charge is 2.41.